The van der Waals surface area contributed by atoms with Gasteiger partial charge in [-0.2, -0.15) is 0 Å². The van der Waals surface area contributed by atoms with E-state index < -0.39 is 0 Å². The van der Waals surface area contributed by atoms with Crippen LogP contribution in [0.1, 0.15) is 32.7 Å². The van der Waals surface area contributed by atoms with Crippen molar-refractivity contribution in [1.82, 2.24) is 14.8 Å². The zero-order valence-electron chi connectivity index (χ0n) is 18.7. The van der Waals surface area contributed by atoms with Gasteiger partial charge in [0, 0.05) is 51.5 Å². The third-order valence-corrected chi connectivity index (χ3v) is 6.28. The van der Waals surface area contributed by atoms with Crippen LogP contribution in [0.25, 0.3) is 6.08 Å². The molecule has 0 radical (unpaired) electrons. The average Bonchev–Trinajstić information content (AvgIpc) is 3.15. The Labute approximate surface area is 193 Å². The summed E-state index contributed by atoms with van der Waals surface area (Å²) in [5, 5.41) is 10.7. The number of piperazine rings is 1. The fourth-order valence-electron chi connectivity index (χ4n) is 4.50. The fourth-order valence-corrected chi connectivity index (χ4v) is 4.50. The number of Topliss-reactive ketones (excluding diaryl/α,β-unsaturated/α-hetero) is 1. The summed E-state index contributed by atoms with van der Waals surface area (Å²) in [5.41, 5.74) is 3.90. The minimum atomic E-state index is -0.165. The molecule has 3 heterocycles. The SMILES string of the molecule is Cc1cc(O)c(CN2CCN(Cc3ccccc3)CC2)c2c1C(=O)/C(=C/c1ccccn1)O2. The fraction of sp³-hybridized carbons (Fsp3) is 0.259. The van der Waals surface area contributed by atoms with Gasteiger partial charge in [0.1, 0.15) is 11.5 Å². The molecule has 33 heavy (non-hydrogen) atoms. The summed E-state index contributed by atoms with van der Waals surface area (Å²) < 4.78 is 6.03. The van der Waals surface area contributed by atoms with Crippen molar-refractivity contribution in [2.75, 3.05) is 26.2 Å². The highest BCUT2D eigenvalue weighted by molar-refractivity contribution is 6.15. The minimum Gasteiger partial charge on any atom is -0.507 e. The Morgan fingerprint density at radius 1 is 1.00 bits per heavy atom. The molecule has 0 spiro atoms. The average molecular weight is 442 g/mol. The van der Waals surface area contributed by atoms with Crippen LogP contribution in [0, 0.1) is 6.92 Å². The van der Waals surface area contributed by atoms with Crippen LogP contribution < -0.4 is 4.74 Å². The first-order chi connectivity index (χ1) is 16.1. The molecule has 168 valence electrons. The van der Waals surface area contributed by atoms with Crippen LogP contribution in [-0.2, 0) is 13.1 Å². The molecule has 1 saturated heterocycles. The highest BCUT2D eigenvalue weighted by atomic mass is 16.5. The largest absolute Gasteiger partial charge is 0.507 e. The second kappa shape index (κ2) is 9.17. The Balaban J connectivity index is 1.32. The van der Waals surface area contributed by atoms with Crippen molar-refractivity contribution < 1.29 is 14.6 Å². The molecule has 0 unspecified atom stereocenters. The smallest absolute Gasteiger partial charge is 0.232 e. The summed E-state index contributed by atoms with van der Waals surface area (Å²) in [6.07, 6.45) is 3.34. The zero-order chi connectivity index (χ0) is 22.8. The lowest BCUT2D eigenvalue weighted by atomic mass is 9.99. The van der Waals surface area contributed by atoms with Crippen molar-refractivity contribution in [3.63, 3.8) is 0 Å². The lowest BCUT2D eigenvalue weighted by Gasteiger charge is -2.35. The summed E-state index contributed by atoms with van der Waals surface area (Å²) in [7, 11) is 0. The molecular weight excluding hydrogens is 414 g/mol. The van der Waals surface area contributed by atoms with Gasteiger partial charge in [0.15, 0.2) is 5.76 Å². The van der Waals surface area contributed by atoms with E-state index in [9.17, 15) is 9.90 Å². The highest BCUT2D eigenvalue weighted by Crippen LogP contribution is 2.42. The maximum atomic E-state index is 13.1. The number of hydrogen-bond acceptors (Lipinski definition) is 6. The van der Waals surface area contributed by atoms with E-state index in [0.717, 1.165) is 32.7 Å². The van der Waals surface area contributed by atoms with Gasteiger partial charge < -0.3 is 9.84 Å². The third kappa shape index (κ3) is 4.53. The van der Waals surface area contributed by atoms with Crippen LogP contribution in [0.2, 0.25) is 0 Å². The highest BCUT2D eigenvalue weighted by Gasteiger charge is 2.34. The van der Waals surface area contributed by atoms with Gasteiger partial charge in [-0.05, 0) is 36.2 Å². The van der Waals surface area contributed by atoms with Gasteiger partial charge in [-0.1, -0.05) is 36.4 Å². The monoisotopic (exact) mass is 441 g/mol. The quantitative estimate of drug-likeness (QED) is 0.603. The maximum absolute atomic E-state index is 13.1. The molecule has 0 bridgehead atoms. The molecule has 0 atom stereocenters. The van der Waals surface area contributed by atoms with Gasteiger partial charge in [0.25, 0.3) is 0 Å². The first-order valence-electron chi connectivity index (χ1n) is 11.3. The van der Waals surface area contributed by atoms with Crippen molar-refractivity contribution in [1.29, 1.82) is 0 Å². The number of carbonyl (C=O) groups is 1. The molecule has 0 amide bonds. The van der Waals surface area contributed by atoms with Gasteiger partial charge in [0.2, 0.25) is 5.78 Å². The Morgan fingerprint density at radius 2 is 1.70 bits per heavy atom. The van der Waals surface area contributed by atoms with E-state index in [4.69, 9.17) is 4.74 Å². The molecule has 2 aliphatic rings. The predicted octanol–water partition coefficient (Wildman–Crippen LogP) is 4.03. The molecule has 1 N–H and O–H groups in total. The molecule has 6 nitrogen and oxygen atoms in total. The molecular formula is C27H27N3O3. The molecule has 1 aromatic heterocycles. The van der Waals surface area contributed by atoms with E-state index in [1.807, 2.05) is 31.2 Å². The molecule has 1 fully saturated rings. The number of fused-ring (bicyclic) bond motifs is 1. The summed E-state index contributed by atoms with van der Waals surface area (Å²) in [4.78, 5) is 22.1. The van der Waals surface area contributed by atoms with E-state index in [0.29, 0.717) is 34.7 Å². The van der Waals surface area contributed by atoms with E-state index >= 15 is 0 Å². The number of allylic oxidation sites excluding steroid dienone is 1. The van der Waals surface area contributed by atoms with Crippen LogP contribution in [0.3, 0.4) is 0 Å². The number of phenolic OH excluding ortho intramolecular Hbond substituents is 1. The standard InChI is InChI=1S/C27H27N3O3/c1-19-15-23(31)22(18-30-13-11-29(12-14-30)17-20-7-3-2-4-8-20)27-25(19)26(32)24(33-27)16-21-9-5-6-10-28-21/h2-10,15-16,31H,11-14,17-18H2,1H3/b24-16-. The molecule has 2 aliphatic heterocycles. The second-order valence-corrected chi connectivity index (χ2v) is 8.63. The Kier molecular flexibility index (Phi) is 5.94. The molecule has 6 heteroatoms. The predicted molar refractivity (Wildman–Crippen MR) is 127 cm³/mol. The maximum Gasteiger partial charge on any atom is 0.232 e. The molecule has 0 aliphatic carbocycles. The number of ether oxygens (including phenoxy) is 1. The van der Waals surface area contributed by atoms with Gasteiger partial charge in [-0.15, -0.1) is 0 Å². The molecule has 5 rings (SSSR count). The summed E-state index contributed by atoms with van der Waals surface area (Å²) in [6, 6.07) is 17.7. The van der Waals surface area contributed by atoms with Gasteiger partial charge >= 0.3 is 0 Å². The Morgan fingerprint density at radius 3 is 2.39 bits per heavy atom. The molecule has 0 saturated carbocycles. The van der Waals surface area contributed by atoms with Gasteiger partial charge in [-0.3, -0.25) is 19.6 Å². The van der Waals surface area contributed by atoms with E-state index in [1.54, 1.807) is 18.3 Å². The topological polar surface area (TPSA) is 65.9 Å². The van der Waals surface area contributed by atoms with Crippen molar-refractivity contribution in [2.45, 2.75) is 20.0 Å². The van der Waals surface area contributed by atoms with Crippen molar-refractivity contribution in [2.24, 2.45) is 0 Å². The van der Waals surface area contributed by atoms with Crippen LogP contribution in [0.15, 0.2) is 66.6 Å². The Hall–Kier alpha value is -3.48. The van der Waals surface area contributed by atoms with Crippen LogP contribution in [0.4, 0.5) is 0 Å². The normalized spacial score (nSPS) is 17.8. The summed E-state index contributed by atoms with van der Waals surface area (Å²) in [6.45, 7) is 6.99. The number of phenols is 1. The number of aromatic hydroxyl groups is 1. The number of benzene rings is 2. The van der Waals surface area contributed by atoms with Crippen molar-refractivity contribution in [3.8, 4) is 11.5 Å². The van der Waals surface area contributed by atoms with Gasteiger partial charge in [0.05, 0.1) is 16.8 Å². The van der Waals surface area contributed by atoms with Gasteiger partial charge in [-0.25, -0.2) is 0 Å². The number of carbonyl (C=O) groups excluding carboxylic acids is 1. The number of aryl methyl sites for hydroxylation is 1. The lowest BCUT2D eigenvalue weighted by Crippen LogP contribution is -2.45. The molecule has 3 aromatic rings. The first-order valence-corrected chi connectivity index (χ1v) is 11.3. The first kappa shape index (κ1) is 21.4. The lowest BCUT2D eigenvalue weighted by molar-refractivity contribution is 0.101. The number of aromatic nitrogens is 1. The van der Waals surface area contributed by atoms with Crippen LogP contribution in [-0.4, -0.2) is 51.9 Å². The number of pyridine rings is 1. The number of nitrogens with zero attached hydrogens (tertiary/aromatic N) is 3. The van der Waals surface area contributed by atoms with E-state index in [1.165, 1.54) is 5.56 Å². The Bertz CT molecular complexity index is 1180. The summed E-state index contributed by atoms with van der Waals surface area (Å²) >= 11 is 0. The van der Waals surface area contributed by atoms with Crippen LogP contribution in [0.5, 0.6) is 11.5 Å². The second-order valence-electron chi connectivity index (χ2n) is 8.63. The van der Waals surface area contributed by atoms with Crippen molar-refractivity contribution in [3.05, 3.63) is 94.5 Å². The summed E-state index contributed by atoms with van der Waals surface area (Å²) in [5.74, 6) is 0.727. The minimum absolute atomic E-state index is 0.165. The number of hydrogen-bond donors (Lipinski definition) is 1. The third-order valence-electron chi connectivity index (χ3n) is 6.28. The van der Waals surface area contributed by atoms with E-state index in [2.05, 4.69) is 39.0 Å². The zero-order valence-corrected chi connectivity index (χ0v) is 18.7. The van der Waals surface area contributed by atoms with Crippen molar-refractivity contribution >= 4 is 11.9 Å². The van der Waals surface area contributed by atoms with E-state index in [-0.39, 0.29) is 17.3 Å². The number of ketones is 1. The van der Waals surface area contributed by atoms with Crippen LogP contribution >= 0.6 is 0 Å². The molecule has 2 aromatic carbocycles. The number of rotatable bonds is 5.